The van der Waals surface area contributed by atoms with Crippen LogP contribution < -0.4 is 5.73 Å². The molecule has 1 amide bonds. The van der Waals surface area contributed by atoms with Crippen molar-refractivity contribution < 1.29 is 18.0 Å². The van der Waals surface area contributed by atoms with Crippen molar-refractivity contribution in [2.75, 3.05) is 33.7 Å². The topological polar surface area (TPSA) is 49.6 Å². The number of likely N-dealkylation sites (N-methyl/N-ethyl adjacent to an activating group) is 1. The van der Waals surface area contributed by atoms with Crippen LogP contribution in [0.5, 0.6) is 0 Å². The lowest BCUT2D eigenvalue weighted by atomic mass is 10.2. The second-order valence-corrected chi connectivity index (χ2v) is 4.05. The fourth-order valence-corrected chi connectivity index (χ4v) is 1.44. The van der Waals surface area contributed by atoms with E-state index in [1.54, 1.807) is 6.92 Å². The van der Waals surface area contributed by atoms with Gasteiger partial charge in [-0.25, -0.2) is 0 Å². The molecule has 0 aliphatic heterocycles. The minimum absolute atomic E-state index is 0.195. The molecule has 4 nitrogen and oxygen atoms in total. The third-order valence-electron chi connectivity index (χ3n) is 2.39. The van der Waals surface area contributed by atoms with E-state index in [-0.39, 0.29) is 19.0 Å². The predicted octanol–water partition coefficient (Wildman–Crippen LogP) is 0.676. The molecule has 0 heterocycles. The summed E-state index contributed by atoms with van der Waals surface area (Å²) in [5, 5.41) is 0. The van der Waals surface area contributed by atoms with Gasteiger partial charge in [0.1, 0.15) is 6.04 Å². The van der Waals surface area contributed by atoms with Gasteiger partial charge in [0, 0.05) is 20.6 Å². The molecule has 0 aliphatic carbocycles. The lowest BCUT2D eigenvalue weighted by Crippen LogP contribution is -2.53. The maximum Gasteiger partial charge on any atom is 0.405 e. The number of hydrogen-bond acceptors (Lipinski definition) is 3. The Hall–Kier alpha value is -0.820. The van der Waals surface area contributed by atoms with Crippen molar-refractivity contribution in [1.29, 1.82) is 0 Å². The van der Waals surface area contributed by atoms with Crippen molar-refractivity contribution in [1.82, 2.24) is 9.80 Å². The van der Waals surface area contributed by atoms with E-state index in [4.69, 9.17) is 5.73 Å². The molecule has 0 spiro atoms. The van der Waals surface area contributed by atoms with Crippen LogP contribution in [-0.2, 0) is 4.79 Å². The van der Waals surface area contributed by atoms with Crippen LogP contribution in [0.15, 0.2) is 0 Å². The zero-order valence-corrected chi connectivity index (χ0v) is 10.4. The summed E-state index contributed by atoms with van der Waals surface area (Å²) < 4.78 is 38.1. The highest BCUT2D eigenvalue weighted by atomic mass is 19.4. The van der Waals surface area contributed by atoms with E-state index in [0.717, 1.165) is 4.90 Å². The smallest absolute Gasteiger partial charge is 0.348 e. The first-order valence-corrected chi connectivity index (χ1v) is 5.45. The zero-order valence-electron chi connectivity index (χ0n) is 10.4. The molecule has 1 atom stereocenters. The van der Waals surface area contributed by atoms with Gasteiger partial charge in [-0.05, 0) is 13.0 Å². The number of nitrogens with two attached hydrogens (primary N) is 1. The summed E-state index contributed by atoms with van der Waals surface area (Å²) in [7, 11) is 3.02. The van der Waals surface area contributed by atoms with Gasteiger partial charge in [-0.15, -0.1) is 0 Å². The normalized spacial score (nSPS) is 13.9. The third kappa shape index (κ3) is 5.36. The van der Waals surface area contributed by atoms with Gasteiger partial charge in [0.05, 0.1) is 6.54 Å². The maximum absolute atomic E-state index is 12.7. The van der Waals surface area contributed by atoms with Crippen molar-refractivity contribution in [3.63, 3.8) is 0 Å². The third-order valence-corrected chi connectivity index (χ3v) is 2.39. The standard InChI is InChI=1S/C10H20F3N3O/c1-4-5-16(7-9(17)15(2)3)8(6-14)10(11,12)13/h8H,4-7,14H2,1-3H3. The Morgan fingerprint density at radius 2 is 1.88 bits per heavy atom. The largest absolute Gasteiger partial charge is 0.405 e. The predicted molar refractivity (Wildman–Crippen MR) is 59.5 cm³/mol. The second-order valence-electron chi connectivity index (χ2n) is 4.05. The van der Waals surface area contributed by atoms with E-state index in [1.165, 1.54) is 19.0 Å². The van der Waals surface area contributed by atoms with Crippen LogP contribution >= 0.6 is 0 Å². The first-order valence-electron chi connectivity index (χ1n) is 5.45. The molecule has 2 N–H and O–H groups in total. The molecule has 0 saturated carbocycles. The Kier molecular flexibility index (Phi) is 6.48. The van der Waals surface area contributed by atoms with Gasteiger partial charge >= 0.3 is 6.18 Å². The van der Waals surface area contributed by atoms with E-state index >= 15 is 0 Å². The second kappa shape index (κ2) is 6.80. The Labute approximate surface area is 99.5 Å². The van der Waals surface area contributed by atoms with Gasteiger partial charge in [0.2, 0.25) is 5.91 Å². The Morgan fingerprint density at radius 3 is 2.18 bits per heavy atom. The minimum Gasteiger partial charge on any atom is -0.348 e. The highest BCUT2D eigenvalue weighted by Crippen LogP contribution is 2.24. The van der Waals surface area contributed by atoms with Crippen molar-refractivity contribution in [2.45, 2.75) is 25.6 Å². The molecule has 0 aliphatic rings. The van der Waals surface area contributed by atoms with E-state index in [0.29, 0.717) is 6.42 Å². The molecule has 0 bridgehead atoms. The molecule has 7 heteroatoms. The summed E-state index contributed by atoms with van der Waals surface area (Å²) in [6, 6.07) is -1.76. The molecule has 0 fully saturated rings. The first-order chi connectivity index (χ1) is 7.73. The van der Waals surface area contributed by atoms with E-state index in [9.17, 15) is 18.0 Å². The van der Waals surface area contributed by atoms with Crippen molar-refractivity contribution >= 4 is 5.91 Å². The number of rotatable bonds is 6. The zero-order chi connectivity index (χ0) is 13.6. The van der Waals surface area contributed by atoms with Gasteiger partial charge in [0.15, 0.2) is 0 Å². The Morgan fingerprint density at radius 1 is 1.35 bits per heavy atom. The molecular formula is C10H20F3N3O. The summed E-state index contributed by atoms with van der Waals surface area (Å²) >= 11 is 0. The van der Waals surface area contributed by atoms with Gasteiger partial charge in [-0.2, -0.15) is 13.2 Å². The highest BCUT2D eigenvalue weighted by Gasteiger charge is 2.42. The monoisotopic (exact) mass is 255 g/mol. The number of nitrogens with zero attached hydrogens (tertiary/aromatic N) is 2. The molecule has 0 radical (unpaired) electrons. The molecule has 0 saturated heterocycles. The number of alkyl halides is 3. The van der Waals surface area contributed by atoms with Gasteiger partial charge in [-0.3, -0.25) is 9.69 Å². The van der Waals surface area contributed by atoms with Crippen LogP contribution in [0.1, 0.15) is 13.3 Å². The number of amides is 1. The fourth-order valence-electron chi connectivity index (χ4n) is 1.44. The highest BCUT2D eigenvalue weighted by molar-refractivity contribution is 5.77. The molecule has 1 unspecified atom stereocenters. The summed E-state index contributed by atoms with van der Waals surface area (Å²) in [4.78, 5) is 13.8. The van der Waals surface area contributed by atoms with E-state index in [1.807, 2.05) is 0 Å². The lowest BCUT2D eigenvalue weighted by molar-refractivity contribution is -0.182. The molecule has 0 rings (SSSR count). The molecular weight excluding hydrogens is 235 g/mol. The first kappa shape index (κ1) is 16.2. The lowest BCUT2D eigenvalue weighted by Gasteiger charge is -2.32. The van der Waals surface area contributed by atoms with Gasteiger partial charge in [0.25, 0.3) is 0 Å². The van der Waals surface area contributed by atoms with Crippen LogP contribution in [0, 0.1) is 0 Å². The fraction of sp³-hybridized carbons (Fsp3) is 0.900. The molecule has 0 aromatic carbocycles. The molecule has 0 aromatic rings. The summed E-state index contributed by atoms with van der Waals surface area (Å²) in [5.41, 5.74) is 5.16. The van der Waals surface area contributed by atoms with Gasteiger partial charge < -0.3 is 10.6 Å². The minimum atomic E-state index is -4.41. The number of carbonyl (C=O) groups is 1. The summed E-state index contributed by atoms with van der Waals surface area (Å²) in [5.74, 6) is -0.360. The van der Waals surface area contributed by atoms with Crippen molar-refractivity contribution in [3.8, 4) is 0 Å². The Balaban J connectivity index is 4.75. The van der Waals surface area contributed by atoms with Crippen molar-refractivity contribution in [2.24, 2.45) is 5.73 Å². The number of carbonyl (C=O) groups excluding carboxylic acids is 1. The SMILES string of the molecule is CCCN(CC(=O)N(C)C)C(CN)C(F)(F)F. The molecule has 17 heavy (non-hydrogen) atoms. The summed E-state index contributed by atoms with van der Waals surface area (Å²) in [6.07, 6.45) is -3.87. The number of halogens is 3. The Bertz CT molecular complexity index is 243. The molecule has 102 valence electrons. The average molecular weight is 255 g/mol. The van der Waals surface area contributed by atoms with E-state index < -0.39 is 18.8 Å². The molecule has 0 aromatic heterocycles. The van der Waals surface area contributed by atoms with Gasteiger partial charge in [-0.1, -0.05) is 6.92 Å². The van der Waals surface area contributed by atoms with E-state index in [2.05, 4.69) is 0 Å². The quantitative estimate of drug-likeness (QED) is 0.759. The summed E-state index contributed by atoms with van der Waals surface area (Å²) in [6.45, 7) is 1.16. The van der Waals surface area contributed by atoms with Crippen molar-refractivity contribution in [3.05, 3.63) is 0 Å². The van der Waals surface area contributed by atoms with Crippen LogP contribution in [0.4, 0.5) is 13.2 Å². The van der Waals surface area contributed by atoms with Crippen LogP contribution in [0.3, 0.4) is 0 Å². The average Bonchev–Trinajstić information content (AvgIpc) is 2.16. The van der Waals surface area contributed by atoms with Crippen LogP contribution in [-0.4, -0.2) is 61.7 Å². The van der Waals surface area contributed by atoms with Crippen LogP contribution in [0.25, 0.3) is 0 Å². The van der Waals surface area contributed by atoms with Crippen LogP contribution in [0.2, 0.25) is 0 Å². The number of hydrogen-bond donors (Lipinski definition) is 1. The maximum atomic E-state index is 12.7.